The molecule has 5 rings (SSSR count). The maximum Gasteiger partial charge on any atom is 0.282 e. The van der Waals surface area contributed by atoms with Gasteiger partial charge in [0, 0.05) is 30.7 Å². The maximum atomic E-state index is 13.2. The van der Waals surface area contributed by atoms with Gasteiger partial charge < -0.3 is 5.32 Å². The third kappa shape index (κ3) is 3.11. The molecule has 0 radical (unpaired) electrons. The number of nitrogens with one attached hydrogen (secondary N) is 1. The highest BCUT2D eigenvalue weighted by atomic mass is 35.5. The second-order valence-electron chi connectivity index (χ2n) is 7.59. The van der Waals surface area contributed by atoms with E-state index in [9.17, 15) is 13.6 Å². The molecule has 0 saturated heterocycles. The predicted octanol–water partition coefficient (Wildman–Crippen LogP) is 5.29. The Morgan fingerprint density at radius 3 is 2.61 bits per heavy atom. The van der Waals surface area contributed by atoms with Crippen molar-refractivity contribution >= 4 is 34.8 Å². The molecule has 2 unspecified atom stereocenters. The number of aromatic nitrogens is 2. The molecular formula is C20H21Cl2F2N3O. The van der Waals surface area contributed by atoms with Gasteiger partial charge >= 0.3 is 0 Å². The maximum absolute atomic E-state index is 13.2. The Labute approximate surface area is 172 Å². The molecule has 1 fully saturated rings. The molecule has 8 heteroatoms. The molecule has 1 aromatic carbocycles. The molecule has 1 saturated carbocycles. The van der Waals surface area contributed by atoms with Crippen LogP contribution in [-0.2, 0) is 7.05 Å². The lowest BCUT2D eigenvalue weighted by atomic mass is 9.57. The van der Waals surface area contributed by atoms with E-state index in [-0.39, 0.29) is 17.4 Å². The Morgan fingerprint density at radius 2 is 1.93 bits per heavy atom. The molecule has 28 heavy (non-hydrogen) atoms. The zero-order valence-electron chi connectivity index (χ0n) is 15.3. The molecule has 3 aliphatic carbocycles. The normalized spacial score (nSPS) is 25.8. The smallest absolute Gasteiger partial charge is 0.282 e. The van der Waals surface area contributed by atoms with Crippen LogP contribution >= 0.6 is 23.2 Å². The molecule has 0 spiro atoms. The number of hydrogen-bond acceptors (Lipinski definition) is 2. The van der Waals surface area contributed by atoms with E-state index in [0.29, 0.717) is 29.3 Å². The first-order valence-electron chi connectivity index (χ1n) is 9.34. The first-order chi connectivity index (χ1) is 13.5. The van der Waals surface area contributed by atoms with Crippen LogP contribution in [-0.4, -0.2) is 27.4 Å². The SMILES string of the molecule is Cn1cc(C(=O)Nc2cccc3c2C2CCC3[C@H](CCl)[C@H]2CCl)c(C(F)F)n1. The number of hydrogen-bond donors (Lipinski definition) is 1. The fraction of sp³-hybridized carbons (Fsp3) is 0.500. The van der Waals surface area contributed by atoms with Gasteiger partial charge in [-0.2, -0.15) is 5.10 Å². The number of nitrogens with zero attached hydrogens (tertiary/aromatic N) is 2. The molecule has 4 nitrogen and oxygen atoms in total. The van der Waals surface area contributed by atoms with Crippen molar-refractivity contribution in [3.8, 4) is 0 Å². The summed E-state index contributed by atoms with van der Waals surface area (Å²) in [4.78, 5) is 12.8. The number of carbonyl (C=O) groups excluding carboxylic acids is 1. The average Bonchev–Trinajstić information content (AvgIpc) is 3.10. The van der Waals surface area contributed by atoms with Crippen molar-refractivity contribution in [2.45, 2.75) is 31.1 Å². The lowest BCUT2D eigenvalue weighted by Crippen LogP contribution is -2.40. The van der Waals surface area contributed by atoms with Crippen LogP contribution in [0.3, 0.4) is 0 Å². The topological polar surface area (TPSA) is 46.9 Å². The molecule has 4 atom stereocenters. The van der Waals surface area contributed by atoms with Gasteiger partial charge in [-0.3, -0.25) is 9.48 Å². The molecule has 1 N–H and O–H groups in total. The van der Waals surface area contributed by atoms with E-state index in [1.54, 1.807) is 0 Å². The van der Waals surface area contributed by atoms with Crippen LogP contribution < -0.4 is 5.32 Å². The number of aryl methyl sites for hydroxylation is 1. The van der Waals surface area contributed by atoms with E-state index in [1.807, 2.05) is 12.1 Å². The summed E-state index contributed by atoms with van der Waals surface area (Å²) >= 11 is 12.5. The molecule has 150 valence electrons. The summed E-state index contributed by atoms with van der Waals surface area (Å²) in [6.45, 7) is 0. The quantitative estimate of drug-likeness (QED) is 0.658. The second-order valence-corrected chi connectivity index (χ2v) is 8.21. The molecule has 1 amide bonds. The fourth-order valence-corrected chi connectivity index (χ4v) is 5.92. The first kappa shape index (κ1) is 19.6. The number of carbonyl (C=O) groups is 1. The van der Waals surface area contributed by atoms with Gasteiger partial charge in [-0.25, -0.2) is 8.78 Å². The van der Waals surface area contributed by atoms with Gasteiger partial charge in [0.25, 0.3) is 12.3 Å². The Bertz CT molecular complexity index is 902. The number of anilines is 1. The van der Waals surface area contributed by atoms with E-state index < -0.39 is 18.0 Å². The summed E-state index contributed by atoms with van der Waals surface area (Å²) in [6.07, 6.45) is 0.555. The Balaban J connectivity index is 1.71. The number of alkyl halides is 4. The number of benzene rings is 1. The Hall–Kier alpha value is -1.66. The summed E-state index contributed by atoms with van der Waals surface area (Å²) in [5.41, 5.74) is 2.34. The first-order valence-corrected chi connectivity index (χ1v) is 10.4. The van der Waals surface area contributed by atoms with Crippen LogP contribution in [0, 0.1) is 11.8 Å². The highest BCUT2D eigenvalue weighted by Gasteiger charge is 2.47. The predicted molar refractivity (Wildman–Crippen MR) is 106 cm³/mol. The molecule has 1 heterocycles. The Kier molecular flexibility index (Phi) is 5.36. The number of halogens is 4. The monoisotopic (exact) mass is 427 g/mol. The molecule has 2 aromatic rings. The van der Waals surface area contributed by atoms with Crippen molar-refractivity contribution in [3.63, 3.8) is 0 Å². The number of amides is 1. The summed E-state index contributed by atoms with van der Waals surface area (Å²) in [7, 11) is 1.52. The van der Waals surface area contributed by atoms with Crippen molar-refractivity contribution in [1.82, 2.24) is 9.78 Å². The number of fused-ring (bicyclic) bond motifs is 2. The zero-order chi connectivity index (χ0) is 20.0. The molecule has 2 bridgehead atoms. The minimum Gasteiger partial charge on any atom is -0.322 e. The average molecular weight is 428 g/mol. The highest BCUT2D eigenvalue weighted by molar-refractivity contribution is 6.19. The van der Waals surface area contributed by atoms with Gasteiger partial charge in [-0.15, -0.1) is 23.2 Å². The van der Waals surface area contributed by atoms with Crippen LogP contribution in [0.2, 0.25) is 0 Å². The Morgan fingerprint density at radius 1 is 1.25 bits per heavy atom. The fourth-order valence-electron chi connectivity index (χ4n) is 5.03. The van der Waals surface area contributed by atoms with Crippen LogP contribution in [0.25, 0.3) is 0 Å². The number of rotatable bonds is 5. The van der Waals surface area contributed by atoms with Crippen LogP contribution in [0.15, 0.2) is 24.4 Å². The summed E-state index contributed by atoms with van der Waals surface area (Å²) < 4.78 is 27.7. The van der Waals surface area contributed by atoms with E-state index in [1.165, 1.54) is 23.5 Å². The van der Waals surface area contributed by atoms with Crippen molar-refractivity contribution in [2.75, 3.05) is 17.1 Å². The van der Waals surface area contributed by atoms with Gasteiger partial charge in [-0.1, -0.05) is 12.1 Å². The van der Waals surface area contributed by atoms with Crippen LogP contribution in [0.1, 0.15) is 58.3 Å². The van der Waals surface area contributed by atoms with Gasteiger partial charge in [0.1, 0.15) is 5.69 Å². The van der Waals surface area contributed by atoms with Crippen molar-refractivity contribution in [1.29, 1.82) is 0 Å². The summed E-state index contributed by atoms with van der Waals surface area (Å²) in [5, 5.41) is 6.57. The van der Waals surface area contributed by atoms with Crippen LogP contribution in [0.5, 0.6) is 0 Å². The standard InChI is InChI=1S/C20H21Cl2F2N3O/c1-27-9-15(18(26-27)19(23)24)20(28)25-16-4-2-3-11-10-5-6-12(17(11)16)14(8-22)13(10)7-21/h2-4,9-10,12-14,19H,5-8H2,1H3,(H,25,28)/t10?,12?,13-,14-/m0/s1. The minimum atomic E-state index is -2.81. The lowest BCUT2D eigenvalue weighted by molar-refractivity contribution is 0.101. The lowest BCUT2D eigenvalue weighted by Gasteiger charge is -2.49. The molecule has 3 aliphatic rings. The van der Waals surface area contributed by atoms with Gasteiger partial charge in [0.15, 0.2) is 0 Å². The third-order valence-electron chi connectivity index (χ3n) is 6.20. The van der Waals surface area contributed by atoms with Gasteiger partial charge in [-0.05, 0) is 53.7 Å². The van der Waals surface area contributed by atoms with Crippen molar-refractivity contribution in [3.05, 3.63) is 46.8 Å². The van der Waals surface area contributed by atoms with E-state index in [0.717, 1.165) is 18.4 Å². The second kappa shape index (κ2) is 7.64. The van der Waals surface area contributed by atoms with Gasteiger partial charge in [0.05, 0.1) is 5.56 Å². The largest absolute Gasteiger partial charge is 0.322 e. The van der Waals surface area contributed by atoms with E-state index >= 15 is 0 Å². The molecular weight excluding hydrogens is 407 g/mol. The summed E-state index contributed by atoms with van der Waals surface area (Å²) in [6, 6.07) is 5.81. The van der Waals surface area contributed by atoms with Crippen molar-refractivity contribution in [2.24, 2.45) is 18.9 Å². The molecule has 1 aromatic heterocycles. The molecule has 0 aliphatic heterocycles. The van der Waals surface area contributed by atoms with E-state index in [4.69, 9.17) is 23.2 Å². The van der Waals surface area contributed by atoms with Gasteiger partial charge in [0.2, 0.25) is 0 Å². The van der Waals surface area contributed by atoms with Crippen molar-refractivity contribution < 1.29 is 13.6 Å². The third-order valence-corrected chi connectivity index (χ3v) is 6.91. The van der Waals surface area contributed by atoms with Crippen LogP contribution in [0.4, 0.5) is 14.5 Å². The highest BCUT2D eigenvalue weighted by Crippen LogP contribution is 2.57. The minimum absolute atomic E-state index is 0.108. The van der Waals surface area contributed by atoms with E-state index in [2.05, 4.69) is 16.5 Å². The zero-order valence-corrected chi connectivity index (χ0v) is 16.9. The summed E-state index contributed by atoms with van der Waals surface area (Å²) in [5.74, 6) is 1.59.